The highest BCUT2D eigenvalue weighted by atomic mass is 16.6. The third kappa shape index (κ3) is 46.4. The molecule has 348 valence electrons. The molecule has 0 aliphatic rings. The quantitative estimate of drug-likeness (QED) is 0.0263. The molecule has 0 unspecified atom stereocenters. The molecule has 6 heteroatoms. The van der Waals surface area contributed by atoms with Crippen LogP contribution < -0.4 is 0 Å². The summed E-state index contributed by atoms with van der Waals surface area (Å²) in [7, 11) is 0. The van der Waals surface area contributed by atoms with Crippen LogP contribution in [-0.2, 0) is 28.6 Å². The molecule has 0 saturated heterocycles. The largest absolute Gasteiger partial charge is 0.462 e. The van der Waals surface area contributed by atoms with Crippen LogP contribution in [0.5, 0.6) is 0 Å². The maximum absolute atomic E-state index is 12.8. The summed E-state index contributed by atoms with van der Waals surface area (Å²) in [5, 5.41) is 0. The van der Waals surface area contributed by atoms with Crippen LogP contribution in [0.15, 0.2) is 48.6 Å². The summed E-state index contributed by atoms with van der Waals surface area (Å²) in [5.74, 6) is -0.893. The average Bonchev–Trinajstić information content (AvgIpc) is 3.24. The van der Waals surface area contributed by atoms with E-state index >= 15 is 0 Å². The number of allylic oxidation sites excluding steroid dienone is 8. The molecule has 0 amide bonds. The first-order chi connectivity index (χ1) is 29.5. The summed E-state index contributed by atoms with van der Waals surface area (Å²) >= 11 is 0. The molecular weight excluding hydrogens is 745 g/mol. The predicted octanol–water partition coefficient (Wildman–Crippen LogP) is 16.7. The minimum atomic E-state index is -0.778. The zero-order valence-electron chi connectivity index (χ0n) is 39.7. The van der Waals surface area contributed by atoms with Gasteiger partial charge < -0.3 is 14.2 Å². The molecule has 0 aromatic heterocycles. The van der Waals surface area contributed by atoms with E-state index in [0.717, 1.165) is 96.3 Å². The fourth-order valence-corrected chi connectivity index (χ4v) is 7.22. The topological polar surface area (TPSA) is 78.9 Å². The molecule has 0 aliphatic heterocycles. The van der Waals surface area contributed by atoms with Crippen molar-refractivity contribution in [2.45, 2.75) is 264 Å². The lowest BCUT2D eigenvalue weighted by molar-refractivity contribution is -0.167. The minimum Gasteiger partial charge on any atom is -0.462 e. The lowest BCUT2D eigenvalue weighted by Crippen LogP contribution is -2.30. The highest BCUT2D eigenvalue weighted by molar-refractivity contribution is 5.71. The maximum Gasteiger partial charge on any atom is 0.306 e. The summed E-state index contributed by atoms with van der Waals surface area (Å²) in [4.78, 5) is 37.9. The SMILES string of the molecule is CC/C=C\C/C=C\C/C=C\CCCCCCCC(=O)OC[C@H](COC(=O)CCCCCCCCC/C=C\CCCCCC)OC(=O)CCCCCCCCCCCCCC. The first-order valence-corrected chi connectivity index (χ1v) is 25.6. The second kappa shape index (κ2) is 49.0. The molecule has 0 radical (unpaired) electrons. The number of ether oxygens (including phenoxy) is 3. The maximum atomic E-state index is 12.8. The average molecular weight is 841 g/mol. The van der Waals surface area contributed by atoms with Gasteiger partial charge in [0, 0.05) is 19.3 Å². The second-order valence-corrected chi connectivity index (χ2v) is 17.1. The van der Waals surface area contributed by atoms with E-state index in [1.807, 2.05) is 0 Å². The third-order valence-corrected chi connectivity index (χ3v) is 11.1. The van der Waals surface area contributed by atoms with Crippen LogP contribution in [0.1, 0.15) is 258 Å². The van der Waals surface area contributed by atoms with Crippen LogP contribution in [0.3, 0.4) is 0 Å². The molecule has 0 aromatic carbocycles. The molecule has 0 heterocycles. The monoisotopic (exact) mass is 841 g/mol. The Hall–Kier alpha value is -2.63. The standard InChI is InChI=1S/C54H96O6/c1-4-7-10-13-16-19-22-25-27-29-32-34-37-40-43-46-52(55)58-49-51(60-54(57)48-45-42-39-36-31-24-21-18-15-12-9-6-3)50-59-53(56)47-44-41-38-35-33-30-28-26-23-20-17-14-11-8-5-2/h7,10,16,19-20,23,25,27,51H,4-6,8-9,11-15,17-18,21-22,24,26,28-50H2,1-3H3/b10-7-,19-16-,23-20-,27-25-/t51-/m1/s1. The number of carbonyl (C=O) groups is 3. The van der Waals surface area contributed by atoms with Crippen molar-refractivity contribution in [1.82, 2.24) is 0 Å². The van der Waals surface area contributed by atoms with E-state index in [1.54, 1.807) is 0 Å². The van der Waals surface area contributed by atoms with Gasteiger partial charge in [-0.15, -0.1) is 0 Å². The highest BCUT2D eigenvalue weighted by Gasteiger charge is 2.19. The van der Waals surface area contributed by atoms with E-state index in [4.69, 9.17) is 14.2 Å². The minimum absolute atomic E-state index is 0.0788. The molecule has 0 N–H and O–H groups in total. The molecule has 0 bridgehead atoms. The van der Waals surface area contributed by atoms with Crippen molar-refractivity contribution >= 4 is 17.9 Å². The molecule has 0 saturated carbocycles. The summed E-state index contributed by atoms with van der Waals surface area (Å²) in [6.07, 6.45) is 58.0. The normalized spacial score (nSPS) is 12.4. The molecule has 0 aromatic rings. The smallest absolute Gasteiger partial charge is 0.306 e. The van der Waals surface area contributed by atoms with E-state index in [1.165, 1.54) is 122 Å². The van der Waals surface area contributed by atoms with Crippen molar-refractivity contribution in [3.8, 4) is 0 Å². The van der Waals surface area contributed by atoms with E-state index in [0.29, 0.717) is 19.3 Å². The molecule has 60 heavy (non-hydrogen) atoms. The Bertz CT molecular complexity index is 1060. The fraction of sp³-hybridized carbons (Fsp3) is 0.796. The van der Waals surface area contributed by atoms with Gasteiger partial charge in [-0.2, -0.15) is 0 Å². The molecule has 0 spiro atoms. The van der Waals surface area contributed by atoms with E-state index in [9.17, 15) is 14.4 Å². The zero-order chi connectivity index (χ0) is 43.7. The van der Waals surface area contributed by atoms with Crippen LogP contribution >= 0.6 is 0 Å². The first-order valence-electron chi connectivity index (χ1n) is 25.6. The van der Waals surface area contributed by atoms with Crippen molar-refractivity contribution in [3.05, 3.63) is 48.6 Å². The fourth-order valence-electron chi connectivity index (χ4n) is 7.22. The Morgan fingerprint density at radius 2 is 0.650 bits per heavy atom. The number of hydrogen-bond acceptors (Lipinski definition) is 6. The molecule has 0 aliphatic carbocycles. The van der Waals surface area contributed by atoms with Crippen molar-refractivity contribution < 1.29 is 28.6 Å². The lowest BCUT2D eigenvalue weighted by atomic mass is 10.0. The number of unbranched alkanes of at least 4 members (excludes halogenated alkanes) is 27. The molecule has 6 nitrogen and oxygen atoms in total. The van der Waals surface area contributed by atoms with Crippen molar-refractivity contribution in [2.24, 2.45) is 0 Å². The highest BCUT2D eigenvalue weighted by Crippen LogP contribution is 2.15. The van der Waals surface area contributed by atoms with Gasteiger partial charge in [-0.1, -0.05) is 211 Å². The van der Waals surface area contributed by atoms with Gasteiger partial charge in [-0.05, 0) is 77.0 Å². The Labute approximate surface area is 371 Å². The van der Waals surface area contributed by atoms with Gasteiger partial charge in [0.1, 0.15) is 13.2 Å². The Morgan fingerprint density at radius 3 is 1.05 bits per heavy atom. The Morgan fingerprint density at radius 1 is 0.350 bits per heavy atom. The van der Waals surface area contributed by atoms with E-state index in [2.05, 4.69) is 69.4 Å². The Balaban J connectivity index is 4.38. The molecule has 0 rings (SSSR count). The second-order valence-electron chi connectivity index (χ2n) is 17.1. The number of carbonyl (C=O) groups excluding carboxylic acids is 3. The van der Waals surface area contributed by atoms with Crippen LogP contribution in [0.25, 0.3) is 0 Å². The van der Waals surface area contributed by atoms with Crippen LogP contribution in [0.2, 0.25) is 0 Å². The molecule has 1 atom stereocenters. The first kappa shape index (κ1) is 57.4. The summed E-state index contributed by atoms with van der Waals surface area (Å²) in [6.45, 7) is 6.50. The number of esters is 3. The predicted molar refractivity (Wildman–Crippen MR) is 256 cm³/mol. The van der Waals surface area contributed by atoms with Gasteiger partial charge in [0.2, 0.25) is 0 Å². The van der Waals surface area contributed by atoms with Crippen molar-refractivity contribution in [2.75, 3.05) is 13.2 Å². The molecular formula is C54H96O6. The van der Waals surface area contributed by atoms with Crippen LogP contribution in [-0.4, -0.2) is 37.2 Å². The van der Waals surface area contributed by atoms with Gasteiger partial charge in [0.05, 0.1) is 0 Å². The van der Waals surface area contributed by atoms with Crippen LogP contribution in [0.4, 0.5) is 0 Å². The number of rotatable bonds is 46. The van der Waals surface area contributed by atoms with E-state index in [-0.39, 0.29) is 31.1 Å². The van der Waals surface area contributed by atoms with Crippen molar-refractivity contribution in [3.63, 3.8) is 0 Å². The summed E-state index contributed by atoms with van der Waals surface area (Å²) in [6, 6.07) is 0. The zero-order valence-corrected chi connectivity index (χ0v) is 39.7. The van der Waals surface area contributed by atoms with Gasteiger partial charge in [0.25, 0.3) is 0 Å². The van der Waals surface area contributed by atoms with Gasteiger partial charge in [-0.25, -0.2) is 0 Å². The van der Waals surface area contributed by atoms with E-state index < -0.39 is 6.10 Å². The van der Waals surface area contributed by atoms with Gasteiger partial charge in [-0.3, -0.25) is 14.4 Å². The summed E-state index contributed by atoms with van der Waals surface area (Å²) in [5.41, 5.74) is 0. The van der Waals surface area contributed by atoms with Crippen LogP contribution in [0, 0.1) is 0 Å². The third-order valence-electron chi connectivity index (χ3n) is 11.1. The molecule has 0 fully saturated rings. The lowest BCUT2D eigenvalue weighted by Gasteiger charge is -2.18. The van der Waals surface area contributed by atoms with Gasteiger partial charge in [0.15, 0.2) is 6.10 Å². The summed E-state index contributed by atoms with van der Waals surface area (Å²) < 4.78 is 16.8. The van der Waals surface area contributed by atoms with Crippen molar-refractivity contribution in [1.29, 1.82) is 0 Å². The Kier molecular flexibility index (Phi) is 46.9. The number of hydrogen-bond donors (Lipinski definition) is 0. The van der Waals surface area contributed by atoms with Gasteiger partial charge >= 0.3 is 17.9 Å².